The first-order chi connectivity index (χ1) is 26.2. The Labute approximate surface area is 314 Å². The number of hydrogen-bond donors (Lipinski definition) is 3. The summed E-state index contributed by atoms with van der Waals surface area (Å²) in [6.07, 6.45) is -0.0952. The van der Waals surface area contributed by atoms with Gasteiger partial charge in [-0.2, -0.15) is 0 Å². The van der Waals surface area contributed by atoms with Crippen LogP contribution in [0.2, 0.25) is 0 Å². The van der Waals surface area contributed by atoms with Crippen molar-refractivity contribution in [2.75, 3.05) is 34.0 Å². The molecule has 13 heteroatoms. The molecule has 1 saturated heterocycles. The standard InChI is InChI=1S/C41H44N4O9/c1-51-37(27-46)34-20-30(8-4-16-53-39(48)22-32-6-3-7-33(19-32)25-43)18-31(21-34)9-5-17-54-41(50)44-35-23-36(40(49)52-2)45(26-35)38(47)15-14-28-10-12-29(24-42)13-11-28/h3,6-7,10-13,18-21,27,35-37H,14-17,22-26,42-43H2,1-2H3,(H,44,50). The van der Waals surface area contributed by atoms with E-state index in [1.165, 1.54) is 19.1 Å². The lowest BCUT2D eigenvalue weighted by molar-refractivity contribution is -0.150. The second-order valence-corrected chi connectivity index (χ2v) is 12.4. The Morgan fingerprint density at radius 1 is 0.870 bits per heavy atom. The Bertz CT molecular complexity index is 1920. The van der Waals surface area contributed by atoms with Crippen LogP contribution in [0.3, 0.4) is 0 Å². The van der Waals surface area contributed by atoms with Crippen LogP contribution in [0.15, 0.2) is 66.7 Å². The Morgan fingerprint density at radius 2 is 1.52 bits per heavy atom. The molecule has 5 N–H and O–H groups in total. The van der Waals surface area contributed by atoms with Crippen LogP contribution >= 0.6 is 0 Å². The highest BCUT2D eigenvalue weighted by molar-refractivity contribution is 5.85. The molecule has 3 atom stereocenters. The van der Waals surface area contributed by atoms with E-state index < -0.39 is 36.2 Å². The Hall–Kier alpha value is -5.99. The number of esters is 2. The normalized spacial score (nSPS) is 15.1. The number of carbonyl (C=O) groups excluding carboxylic acids is 5. The van der Waals surface area contributed by atoms with Crippen molar-refractivity contribution in [3.05, 3.63) is 106 Å². The number of carbonyl (C=O) groups is 5. The number of ether oxygens (including phenoxy) is 4. The van der Waals surface area contributed by atoms with Gasteiger partial charge in [0.05, 0.1) is 19.6 Å². The molecule has 1 aliphatic rings. The first-order valence-electron chi connectivity index (χ1n) is 17.3. The number of amides is 2. The second kappa shape index (κ2) is 20.9. The number of alkyl carbamates (subject to hydrolysis) is 1. The quantitative estimate of drug-likeness (QED) is 0.0955. The molecule has 1 fully saturated rings. The third kappa shape index (κ3) is 12.3. The van der Waals surface area contributed by atoms with Gasteiger partial charge < -0.3 is 45.4 Å². The predicted molar refractivity (Wildman–Crippen MR) is 198 cm³/mol. The SMILES string of the molecule is COC(=O)C1CC(NC(=O)OCC#Cc2cc(C#CCOC(=O)Cc3cccc(CN)c3)cc(C(C=O)OC)c2)CN1C(=O)CCc1ccc(CN)cc1. The van der Waals surface area contributed by atoms with Crippen LogP contribution in [-0.2, 0) is 64.1 Å². The van der Waals surface area contributed by atoms with E-state index in [9.17, 15) is 24.0 Å². The fourth-order valence-corrected chi connectivity index (χ4v) is 5.83. The van der Waals surface area contributed by atoms with Gasteiger partial charge >= 0.3 is 18.0 Å². The summed E-state index contributed by atoms with van der Waals surface area (Å²) in [5, 5.41) is 2.70. The van der Waals surface area contributed by atoms with Crippen molar-refractivity contribution in [3.63, 3.8) is 0 Å². The average Bonchev–Trinajstić information content (AvgIpc) is 3.61. The maximum absolute atomic E-state index is 13.1. The summed E-state index contributed by atoms with van der Waals surface area (Å²) >= 11 is 0. The van der Waals surface area contributed by atoms with E-state index in [0.717, 1.165) is 22.3 Å². The van der Waals surface area contributed by atoms with E-state index >= 15 is 0 Å². The van der Waals surface area contributed by atoms with Crippen LogP contribution in [0.4, 0.5) is 4.79 Å². The van der Waals surface area contributed by atoms with E-state index in [-0.39, 0.29) is 44.9 Å². The highest BCUT2D eigenvalue weighted by atomic mass is 16.5. The van der Waals surface area contributed by atoms with E-state index in [4.69, 9.17) is 30.4 Å². The van der Waals surface area contributed by atoms with Crippen LogP contribution in [-0.4, -0.2) is 81.2 Å². The minimum Gasteiger partial charge on any atom is -0.467 e. The van der Waals surface area contributed by atoms with E-state index in [2.05, 4.69) is 29.0 Å². The van der Waals surface area contributed by atoms with Gasteiger partial charge in [0.2, 0.25) is 5.91 Å². The monoisotopic (exact) mass is 736 g/mol. The number of methoxy groups -OCH3 is 2. The second-order valence-electron chi connectivity index (χ2n) is 12.4. The van der Waals surface area contributed by atoms with Crippen LogP contribution in [0, 0.1) is 23.7 Å². The van der Waals surface area contributed by atoms with Gasteiger partial charge in [-0.05, 0) is 52.4 Å². The number of likely N-dealkylation sites (tertiary alicyclic amines) is 1. The zero-order valence-electron chi connectivity index (χ0n) is 30.3. The van der Waals surface area contributed by atoms with Gasteiger partial charge in [-0.25, -0.2) is 9.59 Å². The smallest absolute Gasteiger partial charge is 0.408 e. The average molecular weight is 737 g/mol. The molecular formula is C41H44N4O9. The zero-order chi connectivity index (χ0) is 38.9. The van der Waals surface area contributed by atoms with Gasteiger partial charge in [0.15, 0.2) is 19.5 Å². The summed E-state index contributed by atoms with van der Waals surface area (Å²) in [5.74, 6) is 10.1. The Morgan fingerprint density at radius 3 is 2.15 bits per heavy atom. The fraction of sp³-hybridized carbons (Fsp3) is 0.341. The van der Waals surface area contributed by atoms with Crippen molar-refractivity contribution >= 4 is 30.2 Å². The van der Waals surface area contributed by atoms with Crippen LogP contribution in [0.5, 0.6) is 0 Å². The zero-order valence-corrected chi connectivity index (χ0v) is 30.3. The number of nitrogens with zero attached hydrogens (tertiary/aromatic N) is 1. The lowest BCUT2D eigenvalue weighted by Gasteiger charge is -2.22. The van der Waals surface area contributed by atoms with Crippen molar-refractivity contribution < 1.29 is 42.9 Å². The van der Waals surface area contributed by atoms with Crippen molar-refractivity contribution in [2.45, 2.75) is 57.0 Å². The van der Waals surface area contributed by atoms with Gasteiger partial charge in [-0.15, -0.1) is 0 Å². The number of rotatable bonds is 14. The highest BCUT2D eigenvalue weighted by Crippen LogP contribution is 2.22. The first kappa shape index (κ1) is 40.8. The van der Waals surface area contributed by atoms with Gasteiger partial charge in [0.25, 0.3) is 0 Å². The van der Waals surface area contributed by atoms with Gasteiger partial charge in [0.1, 0.15) is 12.1 Å². The summed E-state index contributed by atoms with van der Waals surface area (Å²) in [7, 11) is 2.65. The highest BCUT2D eigenvalue weighted by Gasteiger charge is 2.40. The molecule has 282 valence electrons. The number of aryl methyl sites for hydroxylation is 1. The van der Waals surface area contributed by atoms with Gasteiger partial charge in [0, 0.05) is 50.7 Å². The molecule has 3 aromatic rings. The minimum atomic E-state index is -0.869. The number of hydrogen-bond acceptors (Lipinski definition) is 11. The van der Waals surface area contributed by atoms with Gasteiger partial charge in [-0.1, -0.05) is 72.2 Å². The molecule has 0 bridgehead atoms. The van der Waals surface area contributed by atoms with E-state index in [1.54, 1.807) is 18.2 Å². The van der Waals surface area contributed by atoms with Crippen LogP contribution in [0.25, 0.3) is 0 Å². The van der Waals surface area contributed by atoms with Gasteiger partial charge in [-0.3, -0.25) is 9.59 Å². The molecule has 0 aromatic heterocycles. The third-order valence-electron chi connectivity index (χ3n) is 8.59. The lowest BCUT2D eigenvalue weighted by atomic mass is 10.0. The molecule has 2 amide bonds. The number of nitrogens with one attached hydrogen (secondary N) is 1. The van der Waals surface area contributed by atoms with Crippen molar-refractivity contribution in [1.29, 1.82) is 0 Å². The number of nitrogens with two attached hydrogens (primary N) is 2. The largest absolute Gasteiger partial charge is 0.467 e. The molecule has 4 rings (SSSR count). The molecule has 0 aliphatic carbocycles. The lowest BCUT2D eigenvalue weighted by Crippen LogP contribution is -2.42. The Kier molecular flexibility index (Phi) is 15.8. The molecule has 3 aromatic carbocycles. The predicted octanol–water partition coefficient (Wildman–Crippen LogP) is 2.48. The fourth-order valence-electron chi connectivity index (χ4n) is 5.83. The molecule has 3 unspecified atom stereocenters. The topological polar surface area (TPSA) is 190 Å². The molecule has 13 nitrogen and oxygen atoms in total. The molecule has 0 spiro atoms. The van der Waals surface area contributed by atoms with Crippen molar-refractivity contribution in [1.82, 2.24) is 10.2 Å². The number of aldehydes is 1. The Balaban J connectivity index is 1.32. The summed E-state index contributed by atoms with van der Waals surface area (Å²) in [6, 6.07) is 18.6. The van der Waals surface area contributed by atoms with Crippen molar-refractivity contribution in [2.24, 2.45) is 11.5 Å². The van der Waals surface area contributed by atoms with Crippen molar-refractivity contribution in [3.8, 4) is 23.7 Å². The summed E-state index contributed by atoms with van der Waals surface area (Å²) in [6.45, 7) is 0.481. The summed E-state index contributed by atoms with van der Waals surface area (Å²) < 4.78 is 20.7. The number of benzene rings is 3. The minimum absolute atomic E-state index is 0.0821. The molecule has 0 radical (unpaired) electrons. The summed E-state index contributed by atoms with van der Waals surface area (Å²) in [5.41, 5.74) is 16.5. The van der Waals surface area contributed by atoms with E-state index in [0.29, 0.717) is 42.5 Å². The van der Waals surface area contributed by atoms with Crippen LogP contribution < -0.4 is 16.8 Å². The maximum atomic E-state index is 13.1. The molecule has 1 aliphatic heterocycles. The molecule has 0 saturated carbocycles. The molecule has 54 heavy (non-hydrogen) atoms. The summed E-state index contributed by atoms with van der Waals surface area (Å²) in [4.78, 5) is 63.7. The molecular weight excluding hydrogens is 692 g/mol. The first-order valence-corrected chi connectivity index (χ1v) is 17.3. The van der Waals surface area contributed by atoms with Crippen LogP contribution in [0.1, 0.15) is 57.9 Å². The third-order valence-corrected chi connectivity index (χ3v) is 8.59. The van der Waals surface area contributed by atoms with E-state index in [1.807, 2.05) is 48.5 Å². The molecule has 1 heterocycles. The maximum Gasteiger partial charge on any atom is 0.408 e.